The summed E-state index contributed by atoms with van der Waals surface area (Å²) in [5.41, 5.74) is 5.11. The van der Waals surface area contributed by atoms with Crippen molar-refractivity contribution in [3.63, 3.8) is 0 Å². The number of nitrogens with zero attached hydrogens (tertiary/aromatic N) is 2. The van der Waals surface area contributed by atoms with Gasteiger partial charge in [-0.3, -0.25) is 4.79 Å². The van der Waals surface area contributed by atoms with Gasteiger partial charge in [-0.2, -0.15) is 10.5 Å². The fourth-order valence-corrected chi connectivity index (χ4v) is 5.31. The van der Waals surface area contributed by atoms with E-state index in [4.69, 9.17) is 0 Å². The fraction of sp³-hybridized carbons (Fsp3) is 0.0294. The van der Waals surface area contributed by atoms with Crippen LogP contribution < -0.4 is 0 Å². The molecule has 3 heteroatoms. The van der Waals surface area contributed by atoms with Crippen molar-refractivity contribution in [1.29, 1.82) is 10.5 Å². The standard InChI is InChI=1S/C34H20N2O/c1-21-18-30-27-7-3-5-9-29(27)33(34(37)25-16-12-23(20-36)13-17-25)31(24-14-10-22(19-35)11-15-24)32(30)28-8-4-2-6-26(21)28/h2-18H,1H3. The van der Waals surface area contributed by atoms with E-state index in [-0.39, 0.29) is 5.78 Å². The zero-order valence-corrected chi connectivity index (χ0v) is 20.1. The molecule has 3 nitrogen and oxygen atoms in total. The summed E-state index contributed by atoms with van der Waals surface area (Å²) in [7, 11) is 0. The van der Waals surface area contributed by atoms with E-state index in [0.717, 1.165) is 43.4 Å². The van der Waals surface area contributed by atoms with Crippen LogP contribution in [-0.2, 0) is 0 Å². The maximum atomic E-state index is 14.3. The van der Waals surface area contributed by atoms with Gasteiger partial charge in [-0.15, -0.1) is 0 Å². The molecule has 0 spiro atoms. The molecule has 0 aliphatic heterocycles. The second-order valence-corrected chi connectivity index (χ2v) is 9.16. The van der Waals surface area contributed by atoms with Gasteiger partial charge in [0.15, 0.2) is 5.78 Å². The normalized spacial score (nSPS) is 10.9. The van der Waals surface area contributed by atoms with Crippen LogP contribution in [0.1, 0.15) is 32.6 Å². The Morgan fingerprint density at radius 1 is 0.622 bits per heavy atom. The van der Waals surface area contributed by atoms with Crippen LogP contribution in [-0.4, -0.2) is 5.78 Å². The number of ketones is 1. The van der Waals surface area contributed by atoms with E-state index < -0.39 is 0 Å². The Labute approximate surface area is 214 Å². The smallest absolute Gasteiger partial charge is 0.194 e. The van der Waals surface area contributed by atoms with Crippen LogP contribution in [0.4, 0.5) is 0 Å². The van der Waals surface area contributed by atoms with Crippen molar-refractivity contribution in [2.24, 2.45) is 0 Å². The summed E-state index contributed by atoms with van der Waals surface area (Å²) in [4.78, 5) is 14.3. The lowest BCUT2D eigenvalue weighted by Crippen LogP contribution is -2.06. The molecule has 0 aliphatic rings. The van der Waals surface area contributed by atoms with Crippen LogP contribution in [0, 0.1) is 29.6 Å². The molecule has 0 aliphatic carbocycles. The number of carbonyl (C=O) groups is 1. The summed E-state index contributed by atoms with van der Waals surface area (Å²) in [6.45, 7) is 2.12. The number of hydrogen-bond donors (Lipinski definition) is 0. The molecular weight excluding hydrogens is 452 g/mol. The van der Waals surface area contributed by atoms with Gasteiger partial charge in [0.25, 0.3) is 0 Å². The second kappa shape index (κ2) is 8.76. The molecule has 0 atom stereocenters. The topological polar surface area (TPSA) is 64.7 Å². The molecular formula is C34H20N2O. The SMILES string of the molecule is Cc1cc2c3ccccc3c(C(=O)c3ccc(C#N)cc3)c(-c3ccc(C#N)cc3)c2c2ccccc12. The van der Waals surface area contributed by atoms with Gasteiger partial charge in [-0.1, -0.05) is 66.7 Å². The van der Waals surface area contributed by atoms with Crippen molar-refractivity contribution in [2.45, 2.75) is 6.92 Å². The quantitative estimate of drug-likeness (QED) is 0.193. The van der Waals surface area contributed by atoms with Crippen LogP contribution in [0.25, 0.3) is 43.4 Å². The average Bonchev–Trinajstić information content (AvgIpc) is 2.96. The van der Waals surface area contributed by atoms with E-state index in [9.17, 15) is 15.3 Å². The second-order valence-electron chi connectivity index (χ2n) is 9.16. The Morgan fingerprint density at radius 2 is 1.16 bits per heavy atom. The molecule has 0 bridgehead atoms. The van der Waals surface area contributed by atoms with Crippen molar-refractivity contribution in [2.75, 3.05) is 0 Å². The minimum absolute atomic E-state index is 0.105. The van der Waals surface area contributed by atoms with Gasteiger partial charge >= 0.3 is 0 Å². The van der Waals surface area contributed by atoms with E-state index in [1.165, 1.54) is 5.56 Å². The first-order chi connectivity index (χ1) is 18.1. The van der Waals surface area contributed by atoms with Crippen molar-refractivity contribution < 1.29 is 4.79 Å². The van der Waals surface area contributed by atoms with E-state index in [1.54, 1.807) is 36.4 Å². The number of rotatable bonds is 3. The third kappa shape index (κ3) is 3.54. The predicted molar refractivity (Wildman–Crippen MR) is 148 cm³/mol. The monoisotopic (exact) mass is 472 g/mol. The molecule has 0 saturated heterocycles. The summed E-state index contributed by atoms with van der Waals surface area (Å²) < 4.78 is 0. The molecule has 0 fully saturated rings. The first kappa shape index (κ1) is 22.2. The molecule has 6 aromatic rings. The third-order valence-electron chi connectivity index (χ3n) is 7.04. The molecule has 0 radical (unpaired) electrons. The number of hydrogen-bond acceptors (Lipinski definition) is 3. The van der Waals surface area contributed by atoms with E-state index in [0.29, 0.717) is 22.3 Å². The van der Waals surface area contributed by atoms with Gasteiger partial charge in [-0.05, 0) is 86.8 Å². The van der Waals surface area contributed by atoms with E-state index in [1.807, 2.05) is 42.5 Å². The van der Waals surface area contributed by atoms with Crippen molar-refractivity contribution in [1.82, 2.24) is 0 Å². The molecule has 37 heavy (non-hydrogen) atoms. The lowest BCUT2D eigenvalue weighted by Gasteiger charge is -2.20. The van der Waals surface area contributed by atoms with Crippen molar-refractivity contribution >= 4 is 38.1 Å². The highest BCUT2D eigenvalue weighted by Crippen LogP contribution is 2.44. The first-order valence-corrected chi connectivity index (χ1v) is 12.0. The van der Waals surface area contributed by atoms with Crippen LogP contribution in [0.3, 0.4) is 0 Å². The van der Waals surface area contributed by atoms with E-state index >= 15 is 0 Å². The molecule has 6 aromatic carbocycles. The summed E-state index contributed by atoms with van der Waals surface area (Å²) in [5, 5.41) is 24.8. The summed E-state index contributed by atoms with van der Waals surface area (Å²) in [6.07, 6.45) is 0. The summed E-state index contributed by atoms with van der Waals surface area (Å²) >= 11 is 0. The highest BCUT2D eigenvalue weighted by atomic mass is 16.1. The summed E-state index contributed by atoms with van der Waals surface area (Å²) in [5.74, 6) is -0.105. The molecule has 0 unspecified atom stereocenters. The Kier molecular flexibility index (Phi) is 5.26. The number of benzene rings is 6. The highest BCUT2D eigenvalue weighted by Gasteiger charge is 2.24. The van der Waals surface area contributed by atoms with Crippen molar-refractivity contribution in [3.05, 3.63) is 131 Å². The van der Waals surface area contributed by atoms with Gasteiger partial charge in [0.05, 0.1) is 23.3 Å². The maximum Gasteiger partial charge on any atom is 0.194 e. The van der Waals surface area contributed by atoms with Gasteiger partial charge in [0, 0.05) is 16.7 Å². The first-order valence-electron chi connectivity index (χ1n) is 12.0. The largest absolute Gasteiger partial charge is 0.289 e. The number of aryl methyl sites for hydroxylation is 1. The lowest BCUT2D eigenvalue weighted by atomic mass is 9.82. The Balaban J connectivity index is 1.84. The highest BCUT2D eigenvalue weighted by molar-refractivity contribution is 6.32. The van der Waals surface area contributed by atoms with Gasteiger partial charge in [-0.25, -0.2) is 0 Å². The fourth-order valence-electron chi connectivity index (χ4n) is 5.31. The molecule has 0 N–H and O–H groups in total. The van der Waals surface area contributed by atoms with Crippen LogP contribution in [0.5, 0.6) is 0 Å². The minimum atomic E-state index is -0.105. The number of fused-ring (bicyclic) bond motifs is 5. The third-order valence-corrected chi connectivity index (χ3v) is 7.04. The van der Waals surface area contributed by atoms with Gasteiger partial charge in [0.2, 0.25) is 0 Å². The number of nitriles is 2. The average molecular weight is 473 g/mol. The molecule has 6 rings (SSSR count). The minimum Gasteiger partial charge on any atom is -0.289 e. The summed E-state index contributed by atoms with van der Waals surface area (Å²) in [6, 6.07) is 37.1. The van der Waals surface area contributed by atoms with Gasteiger partial charge < -0.3 is 0 Å². The molecule has 0 heterocycles. The Bertz CT molecular complexity index is 1950. The molecule has 0 aromatic heterocycles. The number of carbonyl (C=O) groups excluding carboxylic acids is 1. The van der Waals surface area contributed by atoms with E-state index in [2.05, 4.69) is 43.3 Å². The van der Waals surface area contributed by atoms with Crippen molar-refractivity contribution in [3.8, 4) is 23.3 Å². The van der Waals surface area contributed by atoms with Gasteiger partial charge in [0.1, 0.15) is 0 Å². The predicted octanol–water partition coefficient (Wildman–Crippen LogP) is 8.10. The Hall–Kier alpha value is -5.25. The zero-order valence-electron chi connectivity index (χ0n) is 20.1. The maximum absolute atomic E-state index is 14.3. The van der Waals surface area contributed by atoms with Crippen LogP contribution in [0.2, 0.25) is 0 Å². The zero-order chi connectivity index (χ0) is 25.5. The van der Waals surface area contributed by atoms with Crippen LogP contribution in [0.15, 0.2) is 103 Å². The Morgan fingerprint density at radius 3 is 1.78 bits per heavy atom. The lowest BCUT2D eigenvalue weighted by molar-refractivity contribution is 0.104. The molecule has 0 amide bonds. The van der Waals surface area contributed by atoms with Crippen LogP contribution >= 0.6 is 0 Å². The molecule has 172 valence electrons. The molecule has 0 saturated carbocycles.